The third kappa shape index (κ3) is 2.90. The number of urea groups is 1. The average Bonchev–Trinajstić information content (AvgIpc) is 3.29. The molecule has 2 heterocycles. The third-order valence-corrected chi connectivity index (χ3v) is 4.98. The van der Waals surface area contributed by atoms with E-state index in [0.29, 0.717) is 16.6 Å². The molecule has 1 unspecified atom stereocenters. The predicted molar refractivity (Wildman–Crippen MR) is 111 cm³/mol. The molecule has 0 saturated heterocycles. The van der Waals surface area contributed by atoms with Gasteiger partial charge in [0, 0.05) is 24.0 Å². The smallest absolute Gasteiger partial charge is 0.328 e. The van der Waals surface area contributed by atoms with Gasteiger partial charge in [-0.15, -0.1) is 0 Å². The van der Waals surface area contributed by atoms with Gasteiger partial charge in [-0.1, -0.05) is 35.9 Å². The largest absolute Gasteiger partial charge is 0.369 e. The molecule has 0 saturated carbocycles. The molecule has 2 aliphatic rings. The molecule has 0 fully saturated rings. The maximum Gasteiger partial charge on any atom is 0.369 e. The highest BCUT2D eigenvalue weighted by atomic mass is 35.5. The molecule has 0 N–H and O–H groups in total. The van der Waals surface area contributed by atoms with E-state index in [1.807, 2.05) is 79.6 Å². The Morgan fingerprint density at radius 1 is 1.07 bits per heavy atom. The van der Waals surface area contributed by atoms with Crippen molar-refractivity contribution in [3.05, 3.63) is 76.8 Å². The maximum absolute atomic E-state index is 12.2. The molecule has 134 valence electrons. The summed E-state index contributed by atoms with van der Waals surface area (Å²) in [5.74, 6) is 0.490. The van der Waals surface area contributed by atoms with Crippen molar-refractivity contribution in [1.82, 2.24) is 0 Å². The van der Waals surface area contributed by atoms with Crippen LogP contribution in [0.15, 0.2) is 75.7 Å². The van der Waals surface area contributed by atoms with Gasteiger partial charge < -0.3 is 4.90 Å². The lowest BCUT2D eigenvalue weighted by molar-refractivity contribution is 0.257. The van der Waals surface area contributed by atoms with Gasteiger partial charge in [0.1, 0.15) is 5.71 Å². The van der Waals surface area contributed by atoms with Crippen LogP contribution in [0.5, 0.6) is 0 Å². The van der Waals surface area contributed by atoms with E-state index in [9.17, 15) is 4.79 Å². The Morgan fingerprint density at radius 3 is 2.52 bits per heavy atom. The molecule has 0 aromatic heterocycles. The van der Waals surface area contributed by atoms with E-state index < -0.39 is 11.6 Å². The first-order chi connectivity index (χ1) is 13.0. The van der Waals surface area contributed by atoms with Gasteiger partial charge in [0.15, 0.2) is 11.4 Å². The van der Waals surface area contributed by atoms with Crippen LogP contribution in [0.2, 0.25) is 5.02 Å². The number of anilines is 1. The average molecular weight is 377 g/mol. The number of hydrogen-bond acceptors (Lipinski definition) is 3. The zero-order valence-corrected chi connectivity index (χ0v) is 15.7. The van der Waals surface area contributed by atoms with Crippen LogP contribution in [0.4, 0.5) is 10.5 Å². The van der Waals surface area contributed by atoms with Crippen molar-refractivity contribution in [2.45, 2.75) is 12.5 Å². The number of aryl methyl sites for hydroxylation is 1. The first-order valence-corrected chi connectivity index (χ1v) is 8.90. The van der Waals surface area contributed by atoms with Gasteiger partial charge in [-0.25, -0.2) is 4.79 Å². The molecule has 6 heteroatoms. The maximum atomic E-state index is 12.2. The van der Waals surface area contributed by atoms with E-state index in [4.69, 9.17) is 16.6 Å². The lowest BCUT2D eigenvalue weighted by Gasteiger charge is -2.30. The van der Waals surface area contributed by atoms with Crippen LogP contribution in [0, 0.1) is 6.92 Å². The molecule has 0 radical (unpaired) electrons. The van der Waals surface area contributed by atoms with Crippen LogP contribution in [0.25, 0.3) is 0 Å². The number of benzene rings is 2. The molecule has 4 rings (SSSR count). The fourth-order valence-corrected chi connectivity index (χ4v) is 3.67. The fourth-order valence-electron chi connectivity index (χ4n) is 3.45. The number of aliphatic imine (C=N–C) groups is 3. The molecule has 0 spiro atoms. The molecule has 2 amide bonds. The first-order valence-electron chi connectivity index (χ1n) is 8.52. The summed E-state index contributed by atoms with van der Waals surface area (Å²) < 4.78 is 0. The summed E-state index contributed by atoms with van der Waals surface area (Å²) in [6, 6.07) is 14.8. The Bertz CT molecular complexity index is 1030. The van der Waals surface area contributed by atoms with E-state index >= 15 is 0 Å². The van der Waals surface area contributed by atoms with Gasteiger partial charge in [0.25, 0.3) is 0 Å². The van der Waals surface area contributed by atoms with E-state index in [2.05, 4.69) is 9.98 Å². The summed E-state index contributed by atoms with van der Waals surface area (Å²) in [4.78, 5) is 27.2. The summed E-state index contributed by atoms with van der Waals surface area (Å²) in [5.41, 5.74) is 2.40. The van der Waals surface area contributed by atoms with E-state index in [1.165, 1.54) is 0 Å². The van der Waals surface area contributed by atoms with Crippen molar-refractivity contribution in [2.24, 2.45) is 15.0 Å². The van der Waals surface area contributed by atoms with Crippen molar-refractivity contribution >= 4 is 41.1 Å². The Kier molecular flexibility index (Phi) is 4.24. The highest BCUT2D eigenvalue weighted by Crippen LogP contribution is 2.37. The molecular formula is C21H17ClN4O. The van der Waals surface area contributed by atoms with Crippen molar-refractivity contribution in [3.63, 3.8) is 0 Å². The zero-order valence-electron chi connectivity index (χ0n) is 14.9. The lowest BCUT2D eigenvalue weighted by Crippen LogP contribution is -2.43. The van der Waals surface area contributed by atoms with Gasteiger partial charge in [0.05, 0.1) is 0 Å². The fraction of sp³-hybridized carbons (Fsp3) is 0.143. The summed E-state index contributed by atoms with van der Waals surface area (Å²) >= 11 is 6.14. The molecule has 5 nitrogen and oxygen atoms in total. The molecular weight excluding hydrogens is 360 g/mol. The first kappa shape index (κ1) is 17.4. The molecule has 0 bridgehead atoms. The van der Waals surface area contributed by atoms with Gasteiger partial charge >= 0.3 is 6.03 Å². The van der Waals surface area contributed by atoms with Crippen molar-refractivity contribution in [3.8, 4) is 0 Å². The summed E-state index contributed by atoms with van der Waals surface area (Å²) in [6.07, 6.45) is 5.52. The van der Waals surface area contributed by atoms with Crippen LogP contribution in [0.3, 0.4) is 0 Å². The minimum atomic E-state index is -0.900. The zero-order chi connectivity index (χ0) is 19.0. The highest BCUT2D eigenvalue weighted by Gasteiger charge is 2.44. The third-order valence-electron chi connectivity index (χ3n) is 4.74. The summed E-state index contributed by atoms with van der Waals surface area (Å²) in [7, 11) is 1.87. The second-order valence-corrected chi connectivity index (χ2v) is 6.87. The number of hydrogen-bond donors (Lipinski definition) is 0. The number of allylic oxidation sites excluding steroid dienone is 1. The standard InChI is InChI=1S/C21H17ClN4O/c1-14-13-15(22)9-10-17(14)21(11-6-12-23-21)18-19(25-20(27)24-18)26(2)16-7-4-3-5-8-16/h3-13H,1-2H3. The Labute approximate surface area is 162 Å². The normalized spacial score (nSPS) is 20.8. The van der Waals surface area contributed by atoms with Crippen LogP contribution in [-0.4, -0.2) is 30.8 Å². The molecule has 2 aromatic carbocycles. The predicted octanol–water partition coefficient (Wildman–Crippen LogP) is 4.59. The van der Waals surface area contributed by atoms with Crippen molar-refractivity contribution in [2.75, 3.05) is 11.9 Å². The van der Waals surface area contributed by atoms with Crippen molar-refractivity contribution < 1.29 is 4.79 Å². The molecule has 2 aromatic rings. The molecule has 0 aliphatic carbocycles. The highest BCUT2D eigenvalue weighted by molar-refractivity contribution is 6.54. The van der Waals surface area contributed by atoms with Crippen LogP contribution >= 0.6 is 11.6 Å². The Morgan fingerprint density at radius 2 is 1.85 bits per heavy atom. The quantitative estimate of drug-likeness (QED) is 0.786. The topological polar surface area (TPSA) is 57.4 Å². The second-order valence-electron chi connectivity index (χ2n) is 6.44. The number of amides is 2. The van der Waals surface area contributed by atoms with Crippen molar-refractivity contribution in [1.29, 1.82) is 0 Å². The van der Waals surface area contributed by atoms with Crippen LogP contribution in [0.1, 0.15) is 11.1 Å². The second kappa shape index (κ2) is 6.59. The number of halogens is 1. The van der Waals surface area contributed by atoms with Crippen LogP contribution < -0.4 is 4.90 Å². The summed E-state index contributed by atoms with van der Waals surface area (Å²) in [5, 5.41) is 0.650. The minimum Gasteiger partial charge on any atom is -0.328 e. The van der Waals surface area contributed by atoms with Gasteiger partial charge in [-0.05, 0) is 54.5 Å². The molecule has 1 atom stereocenters. The van der Waals surface area contributed by atoms with E-state index in [-0.39, 0.29) is 0 Å². The molecule has 2 aliphatic heterocycles. The number of para-hydroxylation sites is 1. The minimum absolute atomic E-state index is 0.490. The number of rotatable bonds is 3. The Balaban J connectivity index is 1.85. The van der Waals surface area contributed by atoms with Gasteiger partial charge in [-0.3, -0.25) is 4.99 Å². The number of carbonyl (C=O) groups excluding carboxylic acids is 1. The van der Waals surface area contributed by atoms with E-state index in [0.717, 1.165) is 16.8 Å². The van der Waals surface area contributed by atoms with Gasteiger partial charge in [0.2, 0.25) is 0 Å². The lowest BCUT2D eigenvalue weighted by atomic mass is 9.82. The summed E-state index contributed by atoms with van der Waals surface area (Å²) in [6.45, 7) is 1.97. The van der Waals surface area contributed by atoms with Crippen LogP contribution in [-0.2, 0) is 5.54 Å². The number of amidine groups is 1. The monoisotopic (exact) mass is 376 g/mol. The van der Waals surface area contributed by atoms with E-state index in [1.54, 1.807) is 6.21 Å². The SMILES string of the molecule is Cc1cc(Cl)ccc1C1(C2=NC(=O)N=C2N(C)c2ccccc2)C=CC=N1. The van der Waals surface area contributed by atoms with Gasteiger partial charge in [-0.2, -0.15) is 9.98 Å². The molecule has 27 heavy (non-hydrogen) atoms. The number of nitrogens with zero attached hydrogens (tertiary/aromatic N) is 4. The number of carbonyl (C=O) groups is 1. The Hall–Kier alpha value is -3.05.